The van der Waals surface area contributed by atoms with E-state index in [1.165, 1.54) is 19.2 Å². The smallest absolute Gasteiger partial charge is 0.256 e. The SMILES string of the molecule is CC.CCC(=O)Nc1cccc(Oc2cc(=O)n(C)c(Nc3ccc(C)cc3F)c2C(N)=O)c1C. The van der Waals surface area contributed by atoms with Crippen LogP contribution in [0.5, 0.6) is 11.5 Å². The van der Waals surface area contributed by atoms with E-state index < -0.39 is 17.3 Å². The highest BCUT2D eigenvalue weighted by Gasteiger charge is 2.22. The van der Waals surface area contributed by atoms with E-state index in [0.29, 0.717) is 29.0 Å². The van der Waals surface area contributed by atoms with E-state index in [-0.39, 0.29) is 28.7 Å². The Balaban J connectivity index is 0.00000210. The van der Waals surface area contributed by atoms with Gasteiger partial charge < -0.3 is 21.1 Å². The molecule has 0 fully saturated rings. The number of ether oxygens (including phenoxy) is 1. The molecule has 0 spiro atoms. The number of rotatable bonds is 7. The lowest BCUT2D eigenvalue weighted by Gasteiger charge is -2.19. The van der Waals surface area contributed by atoms with Gasteiger partial charge in [-0.25, -0.2) is 4.39 Å². The summed E-state index contributed by atoms with van der Waals surface area (Å²) in [5, 5.41) is 5.56. The van der Waals surface area contributed by atoms with Crippen LogP contribution >= 0.6 is 0 Å². The number of amides is 2. The minimum atomic E-state index is -0.872. The highest BCUT2D eigenvalue weighted by molar-refractivity contribution is 6.01. The molecule has 9 heteroatoms. The number of halogens is 1. The highest BCUT2D eigenvalue weighted by Crippen LogP contribution is 2.34. The minimum Gasteiger partial charge on any atom is -0.456 e. The third kappa shape index (κ3) is 6.26. The number of aryl methyl sites for hydroxylation is 1. The lowest BCUT2D eigenvalue weighted by atomic mass is 10.1. The summed E-state index contributed by atoms with van der Waals surface area (Å²) in [6.07, 6.45) is 0.301. The second kappa shape index (κ2) is 11.8. The largest absolute Gasteiger partial charge is 0.456 e. The average molecular weight is 483 g/mol. The number of benzene rings is 2. The Morgan fingerprint density at radius 2 is 1.74 bits per heavy atom. The Kier molecular flexibility index (Phi) is 9.16. The van der Waals surface area contributed by atoms with E-state index in [2.05, 4.69) is 10.6 Å². The number of hydrogen-bond donors (Lipinski definition) is 3. The Hall–Kier alpha value is -4.14. The zero-order valence-corrected chi connectivity index (χ0v) is 20.8. The van der Waals surface area contributed by atoms with E-state index in [9.17, 15) is 18.8 Å². The molecule has 1 heterocycles. The van der Waals surface area contributed by atoms with Gasteiger partial charge in [0.25, 0.3) is 11.5 Å². The fourth-order valence-corrected chi connectivity index (χ4v) is 3.21. The van der Waals surface area contributed by atoms with Crippen molar-refractivity contribution >= 4 is 29.0 Å². The molecule has 3 rings (SSSR count). The van der Waals surface area contributed by atoms with E-state index in [0.717, 1.165) is 10.6 Å². The molecule has 0 saturated carbocycles. The molecule has 1 aromatic heterocycles. The molecule has 0 aliphatic rings. The topological polar surface area (TPSA) is 115 Å². The fourth-order valence-electron chi connectivity index (χ4n) is 3.21. The van der Waals surface area contributed by atoms with Gasteiger partial charge in [-0.2, -0.15) is 0 Å². The first-order valence-electron chi connectivity index (χ1n) is 11.3. The van der Waals surface area contributed by atoms with Gasteiger partial charge in [0.2, 0.25) is 5.91 Å². The lowest BCUT2D eigenvalue weighted by molar-refractivity contribution is -0.115. The van der Waals surface area contributed by atoms with Crippen LogP contribution in [0.2, 0.25) is 0 Å². The third-order valence-electron chi connectivity index (χ3n) is 5.13. The standard InChI is InChI=1S/C24H25FN4O4.C2H6/c1-5-20(30)27-16-7-6-8-18(14(16)3)33-19-12-21(31)29(4)24(22(19)23(26)32)28-17-10-9-13(2)11-15(17)25;1-2/h6-12,28H,5H2,1-4H3,(H2,26,32)(H,27,30);1-2H3. The summed E-state index contributed by atoms with van der Waals surface area (Å²) in [6, 6.07) is 10.6. The Morgan fingerprint density at radius 3 is 2.34 bits per heavy atom. The van der Waals surface area contributed by atoms with Crippen LogP contribution in [0.25, 0.3) is 0 Å². The summed E-state index contributed by atoms with van der Waals surface area (Å²) in [6.45, 7) is 9.20. The molecular formula is C26H31FN4O4. The molecule has 0 aliphatic carbocycles. The number of carbonyl (C=O) groups excluding carboxylic acids is 2. The van der Waals surface area contributed by atoms with Crippen LogP contribution in [0.1, 0.15) is 48.7 Å². The van der Waals surface area contributed by atoms with Gasteiger partial charge in [-0.1, -0.05) is 32.9 Å². The van der Waals surface area contributed by atoms with Gasteiger partial charge in [-0.3, -0.25) is 19.0 Å². The van der Waals surface area contributed by atoms with Crippen LogP contribution in [0, 0.1) is 19.7 Å². The van der Waals surface area contributed by atoms with Crippen molar-refractivity contribution in [1.82, 2.24) is 4.57 Å². The number of pyridine rings is 1. The molecule has 0 atom stereocenters. The monoisotopic (exact) mass is 482 g/mol. The van der Waals surface area contributed by atoms with Crippen molar-refractivity contribution in [3.05, 3.63) is 75.3 Å². The number of carbonyl (C=O) groups is 2. The summed E-state index contributed by atoms with van der Waals surface area (Å²) >= 11 is 0. The summed E-state index contributed by atoms with van der Waals surface area (Å²) < 4.78 is 21.5. The predicted octanol–water partition coefficient (Wildman–Crippen LogP) is 5.15. The molecule has 0 unspecified atom stereocenters. The van der Waals surface area contributed by atoms with Gasteiger partial charge in [0.1, 0.15) is 28.7 Å². The second-order valence-electron chi connectivity index (χ2n) is 7.53. The highest BCUT2D eigenvalue weighted by atomic mass is 19.1. The van der Waals surface area contributed by atoms with E-state index in [1.807, 2.05) is 13.8 Å². The van der Waals surface area contributed by atoms with Crippen LogP contribution in [-0.4, -0.2) is 16.4 Å². The van der Waals surface area contributed by atoms with Crippen molar-refractivity contribution in [2.24, 2.45) is 12.8 Å². The van der Waals surface area contributed by atoms with Gasteiger partial charge >= 0.3 is 0 Å². The molecule has 35 heavy (non-hydrogen) atoms. The van der Waals surface area contributed by atoms with Crippen molar-refractivity contribution in [2.45, 2.75) is 41.0 Å². The number of hydrogen-bond acceptors (Lipinski definition) is 5. The molecule has 8 nitrogen and oxygen atoms in total. The molecule has 2 amide bonds. The number of aromatic nitrogens is 1. The maximum Gasteiger partial charge on any atom is 0.256 e. The molecule has 3 aromatic rings. The first-order chi connectivity index (χ1) is 16.6. The molecule has 186 valence electrons. The van der Waals surface area contributed by atoms with Crippen LogP contribution in [0.4, 0.5) is 21.6 Å². The molecule has 0 radical (unpaired) electrons. The van der Waals surface area contributed by atoms with Crippen LogP contribution in [-0.2, 0) is 11.8 Å². The van der Waals surface area contributed by atoms with Crippen molar-refractivity contribution in [2.75, 3.05) is 10.6 Å². The number of nitrogens with zero attached hydrogens (tertiary/aromatic N) is 1. The van der Waals surface area contributed by atoms with E-state index in [4.69, 9.17) is 10.5 Å². The molecule has 4 N–H and O–H groups in total. The summed E-state index contributed by atoms with van der Waals surface area (Å²) in [7, 11) is 1.43. The van der Waals surface area contributed by atoms with Gasteiger partial charge in [-0.15, -0.1) is 0 Å². The maximum absolute atomic E-state index is 14.4. The van der Waals surface area contributed by atoms with Crippen molar-refractivity contribution in [3.63, 3.8) is 0 Å². The van der Waals surface area contributed by atoms with E-state index >= 15 is 0 Å². The van der Waals surface area contributed by atoms with Crippen molar-refractivity contribution in [1.29, 1.82) is 0 Å². The normalized spacial score (nSPS) is 10.1. The minimum absolute atomic E-state index is 0.0131. The lowest BCUT2D eigenvalue weighted by Crippen LogP contribution is -2.25. The molecular weight excluding hydrogens is 451 g/mol. The second-order valence-corrected chi connectivity index (χ2v) is 7.53. The number of nitrogens with two attached hydrogens (primary N) is 1. The number of nitrogens with one attached hydrogen (secondary N) is 2. The van der Waals surface area contributed by atoms with Crippen LogP contribution in [0.15, 0.2) is 47.3 Å². The zero-order chi connectivity index (χ0) is 26.3. The maximum atomic E-state index is 14.4. The third-order valence-corrected chi connectivity index (χ3v) is 5.13. The first-order valence-corrected chi connectivity index (χ1v) is 11.3. The van der Waals surface area contributed by atoms with Crippen molar-refractivity contribution < 1.29 is 18.7 Å². The van der Waals surface area contributed by atoms with Gasteiger partial charge in [-0.05, 0) is 43.7 Å². The Labute approximate surface area is 203 Å². The van der Waals surface area contributed by atoms with Crippen molar-refractivity contribution in [3.8, 4) is 11.5 Å². The zero-order valence-electron chi connectivity index (χ0n) is 20.8. The molecule has 0 saturated heterocycles. The molecule has 0 aliphatic heterocycles. The first kappa shape index (κ1) is 27.1. The summed E-state index contributed by atoms with van der Waals surface area (Å²) in [4.78, 5) is 36.8. The van der Waals surface area contributed by atoms with Gasteiger partial charge in [0.15, 0.2) is 0 Å². The quantitative estimate of drug-likeness (QED) is 0.431. The summed E-state index contributed by atoms with van der Waals surface area (Å²) in [5.74, 6) is -1.40. The fraction of sp³-hybridized carbons (Fsp3) is 0.269. The van der Waals surface area contributed by atoms with Crippen LogP contribution in [0.3, 0.4) is 0 Å². The van der Waals surface area contributed by atoms with Gasteiger partial charge in [0.05, 0.1) is 5.69 Å². The molecule has 2 aromatic carbocycles. The van der Waals surface area contributed by atoms with E-state index in [1.54, 1.807) is 45.0 Å². The molecule has 0 bridgehead atoms. The van der Waals surface area contributed by atoms with Gasteiger partial charge in [0, 0.05) is 30.8 Å². The predicted molar refractivity (Wildman–Crippen MR) is 136 cm³/mol. The Morgan fingerprint density at radius 1 is 1.06 bits per heavy atom. The number of anilines is 3. The number of primary amides is 1. The van der Waals surface area contributed by atoms with Crippen LogP contribution < -0.4 is 26.7 Å². The Bertz CT molecular complexity index is 1300. The average Bonchev–Trinajstić information content (AvgIpc) is 2.82. The summed E-state index contributed by atoms with van der Waals surface area (Å²) in [5.41, 5.74) is 6.91.